The summed E-state index contributed by atoms with van der Waals surface area (Å²) in [4.78, 5) is 17.8. The molecule has 136 valence electrons. The number of aromatic nitrogens is 1. The van der Waals surface area contributed by atoms with Gasteiger partial charge in [-0.2, -0.15) is 0 Å². The van der Waals surface area contributed by atoms with Crippen molar-refractivity contribution in [2.24, 2.45) is 0 Å². The number of benzene rings is 1. The number of aryl methyl sites for hydroxylation is 1. The molecule has 2 aromatic rings. The van der Waals surface area contributed by atoms with Crippen LogP contribution in [0.5, 0.6) is 5.75 Å². The Bertz CT molecular complexity index is 773. The smallest absolute Gasteiger partial charge is 0.410 e. The molecule has 3 rings (SSSR count). The molecule has 0 saturated carbocycles. The molecule has 1 saturated heterocycles. The van der Waals surface area contributed by atoms with E-state index in [1.807, 2.05) is 31.7 Å². The van der Waals surface area contributed by atoms with E-state index in [4.69, 9.17) is 9.47 Å². The maximum absolute atomic E-state index is 12.4. The van der Waals surface area contributed by atoms with Crippen molar-refractivity contribution in [1.29, 1.82) is 0 Å². The lowest BCUT2D eigenvalue weighted by Gasteiger charge is -2.34. The zero-order valence-electron chi connectivity index (χ0n) is 15.8. The van der Waals surface area contributed by atoms with Gasteiger partial charge in [0.25, 0.3) is 0 Å². The minimum Gasteiger partial charge on any atom is -0.497 e. The fourth-order valence-corrected chi connectivity index (χ4v) is 3.57. The molecule has 1 aromatic heterocycles. The maximum atomic E-state index is 12.4. The Hall–Kier alpha value is -2.17. The van der Waals surface area contributed by atoms with Gasteiger partial charge in [0.2, 0.25) is 0 Å². The van der Waals surface area contributed by atoms with E-state index < -0.39 is 5.60 Å². The van der Waals surface area contributed by atoms with Crippen molar-refractivity contribution in [1.82, 2.24) is 9.88 Å². The van der Waals surface area contributed by atoms with Gasteiger partial charge in [-0.1, -0.05) is 0 Å². The molecule has 5 heteroatoms. The fourth-order valence-electron chi connectivity index (χ4n) is 3.57. The average molecular weight is 344 g/mol. The van der Waals surface area contributed by atoms with Crippen LogP contribution in [0.4, 0.5) is 4.79 Å². The second-order valence-electron chi connectivity index (χ2n) is 7.84. The third-order valence-corrected chi connectivity index (χ3v) is 4.79. The molecule has 1 N–H and O–H groups in total. The van der Waals surface area contributed by atoms with E-state index >= 15 is 0 Å². The van der Waals surface area contributed by atoms with E-state index in [1.54, 1.807) is 7.11 Å². The molecule has 1 aromatic carbocycles. The Morgan fingerprint density at radius 2 is 2.08 bits per heavy atom. The Labute approximate surface area is 149 Å². The molecule has 0 aliphatic carbocycles. The summed E-state index contributed by atoms with van der Waals surface area (Å²) in [5, 5.41) is 1.18. The standard InChI is InChI=1S/C20H28N2O3/c1-13-16-11-15(24-5)8-9-17(16)21-18(13)14-7-6-10-22(12-14)19(23)25-20(2,3)4/h8-9,11,14,21H,6-7,10,12H2,1-5H3. The zero-order valence-corrected chi connectivity index (χ0v) is 15.8. The summed E-state index contributed by atoms with van der Waals surface area (Å²) < 4.78 is 10.9. The quantitative estimate of drug-likeness (QED) is 0.866. The van der Waals surface area contributed by atoms with E-state index in [9.17, 15) is 4.79 Å². The van der Waals surface area contributed by atoms with Crippen LogP contribution in [0.3, 0.4) is 0 Å². The van der Waals surface area contributed by atoms with Crippen LogP contribution < -0.4 is 4.74 Å². The average Bonchev–Trinajstić information content (AvgIpc) is 2.90. The van der Waals surface area contributed by atoms with E-state index in [1.165, 1.54) is 16.6 Å². The number of nitrogens with zero attached hydrogens (tertiary/aromatic N) is 1. The largest absolute Gasteiger partial charge is 0.497 e. The predicted molar refractivity (Wildman–Crippen MR) is 99.4 cm³/mol. The summed E-state index contributed by atoms with van der Waals surface area (Å²) in [7, 11) is 1.68. The zero-order chi connectivity index (χ0) is 18.2. The topological polar surface area (TPSA) is 54.6 Å². The molecule has 25 heavy (non-hydrogen) atoms. The van der Waals surface area contributed by atoms with Gasteiger partial charge in [-0.05, 0) is 64.3 Å². The van der Waals surface area contributed by atoms with Gasteiger partial charge < -0.3 is 19.4 Å². The fraction of sp³-hybridized carbons (Fsp3) is 0.550. The van der Waals surface area contributed by atoms with Crippen molar-refractivity contribution in [3.05, 3.63) is 29.5 Å². The van der Waals surface area contributed by atoms with Gasteiger partial charge in [0, 0.05) is 35.6 Å². The van der Waals surface area contributed by atoms with Crippen LogP contribution in [0, 0.1) is 6.92 Å². The summed E-state index contributed by atoms with van der Waals surface area (Å²) in [5.41, 5.74) is 3.11. The first-order valence-electron chi connectivity index (χ1n) is 8.92. The number of ether oxygens (including phenoxy) is 2. The van der Waals surface area contributed by atoms with Crippen LogP contribution in [-0.4, -0.2) is 41.8 Å². The number of carbonyl (C=O) groups is 1. The molecule has 1 aliphatic heterocycles. The number of amides is 1. The second-order valence-corrected chi connectivity index (χ2v) is 7.84. The number of hydrogen-bond donors (Lipinski definition) is 1. The predicted octanol–water partition coefficient (Wildman–Crippen LogP) is 4.60. The number of H-pyrrole nitrogens is 1. The first-order valence-corrected chi connectivity index (χ1v) is 8.92. The number of rotatable bonds is 2. The van der Waals surface area contributed by atoms with Gasteiger partial charge in [0.1, 0.15) is 11.4 Å². The molecular weight excluding hydrogens is 316 g/mol. The van der Waals surface area contributed by atoms with E-state index in [2.05, 4.69) is 24.0 Å². The summed E-state index contributed by atoms with van der Waals surface area (Å²) in [6, 6.07) is 6.09. The van der Waals surface area contributed by atoms with Gasteiger partial charge in [-0.3, -0.25) is 0 Å². The third kappa shape index (κ3) is 3.75. The van der Waals surface area contributed by atoms with Crippen molar-refractivity contribution < 1.29 is 14.3 Å². The highest BCUT2D eigenvalue weighted by Gasteiger charge is 2.30. The van der Waals surface area contributed by atoms with Crippen LogP contribution in [0.15, 0.2) is 18.2 Å². The first-order chi connectivity index (χ1) is 11.8. The van der Waals surface area contributed by atoms with E-state index in [0.29, 0.717) is 12.5 Å². The lowest BCUT2D eigenvalue weighted by atomic mass is 9.92. The third-order valence-electron chi connectivity index (χ3n) is 4.79. The van der Waals surface area contributed by atoms with Crippen LogP contribution in [-0.2, 0) is 4.74 Å². The Morgan fingerprint density at radius 1 is 1.32 bits per heavy atom. The van der Waals surface area contributed by atoms with Gasteiger partial charge in [0.05, 0.1) is 7.11 Å². The SMILES string of the molecule is COc1ccc2[nH]c(C3CCCN(C(=O)OC(C)(C)C)C3)c(C)c2c1. The maximum Gasteiger partial charge on any atom is 0.410 e. The molecule has 1 unspecified atom stereocenters. The molecule has 0 bridgehead atoms. The summed E-state index contributed by atoms with van der Waals surface area (Å²) in [6.07, 6.45) is 1.85. The summed E-state index contributed by atoms with van der Waals surface area (Å²) in [6.45, 7) is 9.31. The van der Waals surface area contributed by atoms with Crippen LogP contribution >= 0.6 is 0 Å². The number of nitrogens with one attached hydrogen (secondary N) is 1. The number of carbonyl (C=O) groups excluding carboxylic acids is 1. The van der Waals surface area contributed by atoms with Gasteiger partial charge >= 0.3 is 6.09 Å². The van der Waals surface area contributed by atoms with Crippen LogP contribution in [0.2, 0.25) is 0 Å². The summed E-state index contributed by atoms with van der Waals surface area (Å²) in [5.74, 6) is 1.17. The number of hydrogen-bond acceptors (Lipinski definition) is 3. The van der Waals surface area contributed by atoms with Crippen molar-refractivity contribution in [3.8, 4) is 5.75 Å². The number of aromatic amines is 1. The van der Waals surface area contributed by atoms with Crippen LogP contribution in [0.1, 0.15) is 50.8 Å². The van der Waals surface area contributed by atoms with E-state index in [-0.39, 0.29) is 6.09 Å². The van der Waals surface area contributed by atoms with Crippen molar-refractivity contribution in [2.75, 3.05) is 20.2 Å². The highest BCUT2D eigenvalue weighted by molar-refractivity contribution is 5.86. The van der Waals surface area contributed by atoms with Crippen molar-refractivity contribution in [3.63, 3.8) is 0 Å². The molecule has 1 atom stereocenters. The van der Waals surface area contributed by atoms with E-state index in [0.717, 1.165) is 30.7 Å². The Kier molecular flexibility index (Phi) is 4.67. The van der Waals surface area contributed by atoms with Crippen LogP contribution in [0.25, 0.3) is 10.9 Å². The monoisotopic (exact) mass is 344 g/mol. The first kappa shape index (κ1) is 17.6. The molecule has 1 fully saturated rings. The molecule has 1 amide bonds. The minimum atomic E-state index is -0.461. The normalized spacial score (nSPS) is 18.4. The Balaban J connectivity index is 1.83. The molecule has 0 spiro atoms. The van der Waals surface area contributed by atoms with Gasteiger partial charge in [-0.15, -0.1) is 0 Å². The van der Waals surface area contributed by atoms with Gasteiger partial charge in [-0.25, -0.2) is 4.79 Å². The molecule has 2 heterocycles. The molecule has 5 nitrogen and oxygen atoms in total. The highest BCUT2D eigenvalue weighted by atomic mass is 16.6. The van der Waals surface area contributed by atoms with Gasteiger partial charge in [0.15, 0.2) is 0 Å². The lowest BCUT2D eigenvalue weighted by Crippen LogP contribution is -2.42. The summed E-state index contributed by atoms with van der Waals surface area (Å²) >= 11 is 0. The van der Waals surface area contributed by atoms with Crippen molar-refractivity contribution in [2.45, 2.75) is 52.1 Å². The van der Waals surface area contributed by atoms with Crippen molar-refractivity contribution >= 4 is 17.0 Å². The number of likely N-dealkylation sites (tertiary alicyclic amines) is 1. The molecule has 1 aliphatic rings. The number of fused-ring (bicyclic) bond motifs is 1. The number of methoxy groups -OCH3 is 1. The minimum absolute atomic E-state index is 0.215. The molecule has 0 radical (unpaired) electrons. The molecular formula is C20H28N2O3. The second kappa shape index (κ2) is 6.62. The lowest BCUT2D eigenvalue weighted by molar-refractivity contribution is 0.0197. The Morgan fingerprint density at radius 3 is 2.76 bits per heavy atom. The highest BCUT2D eigenvalue weighted by Crippen LogP contribution is 2.34. The number of piperidine rings is 1.